The van der Waals surface area contributed by atoms with Crippen LogP contribution in [-0.4, -0.2) is 31.1 Å². The first-order chi connectivity index (χ1) is 16.9. The molecule has 6 heteroatoms. The molecule has 3 atom stereocenters. The second-order valence-electron chi connectivity index (χ2n) is 9.81. The Hall–Kier alpha value is -2.96. The van der Waals surface area contributed by atoms with Gasteiger partial charge in [-0.3, -0.25) is 4.90 Å². The Morgan fingerprint density at radius 2 is 1.43 bits per heavy atom. The molecule has 1 N–H and O–H groups in total. The number of nitrogens with one attached hydrogen (secondary N) is 1. The molecule has 2 fully saturated rings. The fourth-order valence-electron chi connectivity index (χ4n) is 5.28. The van der Waals surface area contributed by atoms with Crippen LogP contribution in [0, 0.1) is 13.8 Å². The van der Waals surface area contributed by atoms with Crippen molar-refractivity contribution in [2.75, 3.05) is 0 Å². The second-order valence-corrected chi connectivity index (χ2v) is 11.5. The maximum Gasteiger partial charge on any atom is 0.276 e. The molecule has 1 aliphatic carbocycles. The highest BCUT2D eigenvalue weighted by molar-refractivity contribution is 7.89. The van der Waals surface area contributed by atoms with Gasteiger partial charge in [-0.1, -0.05) is 97.1 Å². The minimum atomic E-state index is -3.77. The summed E-state index contributed by atoms with van der Waals surface area (Å²) in [6.45, 7) is 3.99. The smallest absolute Gasteiger partial charge is 0.276 e. The quantitative estimate of drug-likeness (QED) is 0.262. The molecule has 0 amide bonds. The van der Waals surface area contributed by atoms with Crippen molar-refractivity contribution in [1.82, 2.24) is 9.73 Å². The van der Waals surface area contributed by atoms with Crippen LogP contribution in [-0.2, 0) is 10.0 Å². The Kier molecular flexibility index (Phi) is 6.76. The highest BCUT2D eigenvalue weighted by Crippen LogP contribution is 2.49. The van der Waals surface area contributed by atoms with E-state index in [2.05, 4.69) is 58.2 Å². The molecule has 1 saturated carbocycles. The molecule has 182 valence electrons. The lowest BCUT2D eigenvalue weighted by molar-refractivity contribution is 0.277. The van der Waals surface area contributed by atoms with Crippen LogP contribution in [0.5, 0.6) is 0 Å². The molecule has 0 aromatic heterocycles. The molecular formula is C29H33N3O2S. The van der Waals surface area contributed by atoms with Crippen molar-refractivity contribution in [2.45, 2.75) is 69.0 Å². The second kappa shape index (κ2) is 9.96. The number of aryl methyl sites for hydroxylation is 2. The van der Waals surface area contributed by atoms with Gasteiger partial charge < -0.3 is 0 Å². The van der Waals surface area contributed by atoms with Crippen LogP contribution in [0.15, 0.2) is 88.9 Å². The summed E-state index contributed by atoms with van der Waals surface area (Å²) >= 11 is 0. The molecule has 1 unspecified atom stereocenters. The fourth-order valence-corrected chi connectivity index (χ4v) is 6.10. The van der Waals surface area contributed by atoms with E-state index >= 15 is 0 Å². The van der Waals surface area contributed by atoms with Gasteiger partial charge in [-0.05, 0) is 49.9 Å². The molecule has 0 radical (unpaired) electrons. The van der Waals surface area contributed by atoms with E-state index in [1.54, 1.807) is 24.3 Å². The monoisotopic (exact) mass is 487 g/mol. The summed E-state index contributed by atoms with van der Waals surface area (Å²) in [5, 5.41) is 4.61. The van der Waals surface area contributed by atoms with Crippen molar-refractivity contribution in [1.29, 1.82) is 0 Å². The van der Waals surface area contributed by atoms with E-state index in [-0.39, 0.29) is 17.0 Å². The van der Waals surface area contributed by atoms with Gasteiger partial charge in [0, 0.05) is 6.04 Å². The van der Waals surface area contributed by atoms with Gasteiger partial charge in [0.25, 0.3) is 10.0 Å². The first kappa shape index (κ1) is 23.8. The number of rotatable bonds is 7. The molecule has 3 aromatic carbocycles. The molecule has 0 spiro atoms. The Balaban J connectivity index is 1.52. The van der Waals surface area contributed by atoms with Crippen molar-refractivity contribution < 1.29 is 8.42 Å². The molecule has 2 aliphatic rings. The fraction of sp³-hybridized carbons (Fsp3) is 0.345. The molecule has 1 heterocycles. The Labute approximate surface area is 208 Å². The van der Waals surface area contributed by atoms with Crippen LogP contribution >= 0.6 is 0 Å². The van der Waals surface area contributed by atoms with Gasteiger partial charge in [0.15, 0.2) is 0 Å². The van der Waals surface area contributed by atoms with Crippen molar-refractivity contribution in [3.63, 3.8) is 0 Å². The molecule has 5 rings (SSSR count). The van der Waals surface area contributed by atoms with E-state index in [0.717, 1.165) is 22.4 Å². The third-order valence-corrected chi connectivity index (χ3v) is 8.46. The zero-order valence-corrected chi connectivity index (χ0v) is 21.2. The van der Waals surface area contributed by atoms with E-state index in [1.807, 2.05) is 25.1 Å². The predicted molar refractivity (Wildman–Crippen MR) is 141 cm³/mol. The van der Waals surface area contributed by atoms with Crippen molar-refractivity contribution in [3.8, 4) is 0 Å². The number of nitrogens with zero attached hydrogens (tertiary/aromatic N) is 2. The maximum atomic E-state index is 13.1. The molecule has 3 aromatic rings. The van der Waals surface area contributed by atoms with E-state index in [9.17, 15) is 8.42 Å². The summed E-state index contributed by atoms with van der Waals surface area (Å²) in [7, 11) is -3.77. The van der Waals surface area contributed by atoms with Crippen molar-refractivity contribution in [2.24, 2.45) is 5.10 Å². The zero-order valence-electron chi connectivity index (χ0n) is 20.4. The van der Waals surface area contributed by atoms with Crippen LogP contribution in [0.4, 0.5) is 0 Å². The standard InChI is InChI=1S/C29H33N3O2S/c1-21-13-17-23(18-14-21)27(30-31-35(33,34)26-19-15-22(2)16-20-26)29-28(24-9-5-3-6-10-24)32(29)25-11-7-4-8-12-25/h3,5-6,9-10,13-20,25,28-29,31H,4,7-8,11-12H2,1-2H3/b30-27+/t28-,29+,32?/m0/s1. The van der Waals surface area contributed by atoms with E-state index in [0.29, 0.717) is 6.04 Å². The molecular weight excluding hydrogens is 454 g/mol. The number of benzene rings is 3. The molecule has 1 saturated heterocycles. The Morgan fingerprint density at radius 3 is 2.06 bits per heavy atom. The first-order valence-electron chi connectivity index (χ1n) is 12.5. The molecule has 1 aliphatic heterocycles. The van der Waals surface area contributed by atoms with Crippen LogP contribution in [0.25, 0.3) is 0 Å². The summed E-state index contributed by atoms with van der Waals surface area (Å²) in [5.74, 6) is 0. The van der Waals surface area contributed by atoms with Crippen LogP contribution in [0.3, 0.4) is 0 Å². The summed E-state index contributed by atoms with van der Waals surface area (Å²) in [6.07, 6.45) is 6.13. The SMILES string of the molecule is Cc1ccc(/C(=N\NS(=O)(=O)c2ccc(C)cc2)[C@@H]2[C@H](c3ccccc3)N2C2CCCCC2)cc1. The average Bonchev–Trinajstić information content (AvgIpc) is 3.62. The first-order valence-corrected chi connectivity index (χ1v) is 14.0. The van der Waals surface area contributed by atoms with Gasteiger partial charge in [0.1, 0.15) is 0 Å². The minimum absolute atomic E-state index is 0.0314. The van der Waals surface area contributed by atoms with Gasteiger partial charge in [-0.2, -0.15) is 18.4 Å². The zero-order chi connectivity index (χ0) is 24.4. The number of sulfonamides is 1. The normalized spacial score (nSPS) is 23.1. The van der Waals surface area contributed by atoms with Crippen LogP contribution < -0.4 is 4.83 Å². The minimum Gasteiger partial charge on any atom is -0.281 e. The number of hydrogen-bond acceptors (Lipinski definition) is 4. The van der Waals surface area contributed by atoms with Gasteiger partial charge in [0.2, 0.25) is 0 Å². The topological polar surface area (TPSA) is 61.5 Å². The summed E-state index contributed by atoms with van der Waals surface area (Å²) in [5.41, 5.74) is 5.16. The number of hydrazone groups is 1. The van der Waals surface area contributed by atoms with E-state index in [4.69, 9.17) is 0 Å². The molecule has 5 nitrogen and oxygen atoms in total. The van der Waals surface area contributed by atoms with Crippen molar-refractivity contribution >= 4 is 15.7 Å². The average molecular weight is 488 g/mol. The maximum absolute atomic E-state index is 13.1. The highest BCUT2D eigenvalue weighted by atomic mass is 32.2. The lowest BCUT2D eigenvalue weighted by Gasteiger charge is -2.24. The highest BCUT2D eigenvalue weighted by Gasteiger charge is 2.55. The van der Waals surface area contributed by atoms with E-state index in [1.165, 1.54) is 37.7 Å². The van der Waals surface area contributed by atoms with Gasteiger partial charge in [-0.25, -0.2) is 0 Å². The van der Waals surface area contributed by atoms with Gasteiger partial charge >= 0.3 is 0 Å². The number of hydrogen-bond donors (Lipinski definition) is 1. The Morgan fingerprint density at radius 1 is 0.829 bits per heavy atom. The summed E-state index contributed by atoms with van der Waals surface area (Å²) < 4.78 is 26.2. The summed E-state index contributed by atoms with van der Waals surface area (Å²) in [4.78, 5) is 5.32. The van der Waals surface area contributed by atoms with Crippen LogP contribution in [0.1, 0.15) is 60.4 Å². The summed E-state index contributed by atoms with van der Waals surface area (Å²) in [6, 6.07) is 26.3. The van der Waals surface area contributed by atoms with Gasteiger partial charge in [0.05, 0.1) is 22.7 Å². The third-order valence-electron chi connectivity index (χ3n) is 7.23. The third kappa shape index (κ3) is 5.19. The Bertz CT molecular complexity index is 1280. The molecule has 0 bridgehead atoms. The lowest BCUT2D eigenvalue weighted by Crippen LogP contribution is -2.28. The van der Waals surface area contributed by atoms with E-state index < -0.39 is 10.0 Å². The van der Waals surface area contributed by atoms with Gasteiger partial charge in [-0.15, -0.1) is 0 Å². The van der Waals surface area contributed by atoms with Crippen LogP contribution in [0.2, 0.25) is 0 Å². The predicted octanol–water partition coefficient (Wildman–Crippen LogP) is 5.74. The van der Waals surface area contributed by atoms with Crippen molar-refractivity contribution in [3.05, 3.63) is 101 Å². The largest absolute Gasteiger partial charge is 0.281 e. The lowest BCUT2D eigenvalue weighted by atomic mass is 9.95. The molecule has 35 heavy (non-hydrogen) atoms.